The van der Waals surface area contributed by atoms with Crippen LogP contribution in [0.15, 0.2) is 46.0 Å². The lowest BCUT2D eigenvalue weighted by Crippen LogP contribution is -1.88. The molecule has 0 radical (unpaired) electrons. The lowest BCUT2D eigenvalue weighted by Gasteiger charge is -2.03. The Morgan fingerprint density at radius 1 is 1.29 bits per heavy atom. The van der Waals surface area contributed by atoms with Crippen molar-refractivity contribution in [2.24, 2.45) is 0 Å². The van der Waals surface area contributed by atoms with E-state index in [4.69, 9.17) is 0 Å². The molecule has 1 heterocycles. The molecule has 4 heteroatoms. The maximum absolute atomic E-state index is 13.6. The van der Waals surface area contributed by atoms with E-state index in [2.05, 4.69) is 20.9 Å². The predicted octanol–water partition coefficient (Wildman–Crippen LogP) is 4.58. The van der Waals surface area contributed by atoms with E-state index in [1.54, 1.807) is 6.07 Å². The molecule has 17 heavy (non-hydrogen) atoms. The van der Waals surface area contributed by atoms with Crippen LogP contribution in [0.1, 0.15) is 11.1 Å². The summed E-state index contributed by atoms with van der Waals surface area (Å²) >= 11 is 4.78. The molecule has 0 saturated carbocycles. The van der Waals surface area contributed by atoms with Gasteiger partial charge < -0.3 is 0 Å². The maximum Gasteiger partial charge on any atom is 0.128 e. The molecule has 1 aromatic carbocycles. The van der Waals surface area contributed by atoms with E-state index in [9.17, 15) is 4.39 Å². The van der Waals surface area contributed by atoms with Crippen molar-refractivity contribution in [3.8, 4) is 0 Å². The van der Waals surface area contributed by atoms with E-state index in [-0.39, 0.29) is 5.82 Å². The Bertz CT molecular complexity index is 513. The molecule has 1 aromatic heterocycles. The summed E-state index contributed by atoms with van der Waals surface area (Å²) < 4.78 is 14.3. The summed E-state index contributed by atoms with van der Waals surface area (Å²) in [5, 5.41) is 0.915. The third-order valence-electron chi connectivity index (χ3n) is 2.27. The zero-order chi connectivity index (χ0) is 12.3. The van der Waals surface area contributed by atoms with Crippen LogP contribution in [0.25, 0.3) is 0 Å². The van der Waals surface area contributed by atoms with Crippen LogP contribution in [-0.4, -0.2) is 4.98 Å². The fraction of sp³-hybridized carbons (Fsp3) is 0.154. The van der Waals surface area contributed by atoms with Crippen molar-refractivity contribution < 1.29 is 4.39 Å². The van der Waals surface area contributed by atoms with Crippen molar-refractivity contribution in [2.75, 3.05) is 0 Å². The number of aromatic nitrogens is 1. The molecular formula is C13H11BrFNS. The van der Waals surface area contributed by atoms with Crippen molar-refractivity contribution in [3.05, 3.63) is 57.9 Å². The minimum Gasteiger partial charge on any atom is -0.250 e. The topological polar surface area (TPSA) is 12.9 Å². The SMILES string of the molecule is Cc1ccc(SCc2ccc(Br)cc2F)nc1. The molecule has 0 amide bonds. The number of hydrogen-bond acceptors (Lipinski definition) is 2. The molecule has 0 bridgehead atoms. The maximum atomic E-state index is 13.6. The number of thioether (sulfide) groups is 1. The van der Waals surface area contributed by atoms with E-state index >= 15 is 0 Å². The van der Waals surface area contributed by atoms with Gasteiger partial charge in [0.05, 0.1) is 5.03 Å². The van der Waals surface area contributed by atoms with Gasteiger partial charge in [-0.1, -0.05) is 28.1 Å². The fourth-order valence-corrected chi connectivity index (χ4v) is 2.49. The van der Waals surface area contributed by atoms with Crippen molar-refractivity contribution >= 4 is 27.7 Å². The summed E-state index contributed by atoms with van der Waals surface area (Å²) in [6, 6.07) is 9.09. The average molecular weight is 312 g/mol. The molecular weight excluding hydrogens is 301 g/mol. The fourth-order valence-electron chi connectivity index (χ4n) is 1.33. The highest BCUT2D eigenvalue weighted by molar-refractivity contribution is 9.10. The number of nitrogens with zero attached hydrogens (tertiary/aromatic N) is 1. The molecule has 2 rings (SSSR count). The van der Waals surface area contributed by atoms with Gasteiger partial charge in [0.15, 0.2) is 0 Å². The Kier molecular flexibility index (Phi) is 4.18. The minimum atomic E-state index is -0.181. The Morgan fingerprint density at radius 3 is 2.76 bits per heavy atom. The van der Waals surface area contributed by atoms with Gasteiger partial charge in [0.1, 0.15) is 5.82 Å². The normalized spacial score (nSPS) is 10.5. The van der Waals surface area contributed by atoms with Gasteiger partial charge in [-0.15, -0.1) is 11.8 Å². The highest BCUT2D eigenvalue weighted by Gasteiger charge is 2.04. The molecule has 0 aliphatic rings. The molecule has 0 spiro atoms. The van der Waals surface area contributed by atoms with Gasteiger partial charge in [0.25, 0.3) is 0 Å². The number of hydrogen-bond donors (Lipinski definition) is 0. The molecule has 0 aliphatic carbocycles. The van der Waals surface area contributed by atoms with Crippen LogP contribution in [-0.2, 0) is 5.75 Å². The first-order chi connectivity index (χ1) is 8.15. The molecule has 0 N–H and O–H groups in total. The van der Waals surface area contributed by atoms with Crippen LogP contribution in [0.3, 0.4) is 0 Å². The van der Waals surface area contributed by atoms with E-state index in [0.717, 1.165) is 15.1 Å². The first-order valence-electron chi connectivity index (χ1n) is 5.14. The summed E-state index contributed by atoms with van der Waals surface area (Å²) in [6.45, 7) is 2.00. The Labute approximate surface area is 113 Å². The second kappa shape index (κ2) is 5.65. The van der Waals surface area contributed by atoms with Gasteiger partial charge in [-0.05, 0) is 36.2 Å². The molecule has 2 aromatic rings. The molecule has 0 fully saturated rings. The first kappa shape index (κ1) is 12.6. The second-order valence-corrected chi connectivity index (χ2v) is 5.61. The third kappa shape index (κ3) is 3.54. The van der Waals surface area contributed by atoms with Crippen LogP contribution in [0.5, 0.6) is 0 Å². The number of benzene rings is 1. The number of rotatable bonds is 3. The number of pyridine rings is 1. The van der Waals surface area contributed by atoms with E-state index in [0.29, 0.717) is 11.3 Å². The molecule has 88 valence electrons. The molecule has 0 saturated heterocycles. The van der Waals surface area contributed by atoms with Crippen molar-refractivity contribution in [2.45, 2.75) is 17.7 Å². The van der Waals surface area contributed by atoms with Crippen molar-refractivity contribution in [1.82, 2.24) is 4.98 Å². The third-order valence-corrected chi connectivity index (χ3v) is 3.76. The van der Waals surface area contributed by atoms with Gasteiger partial charge in [-0.2, -0.15) is 0 Å². The highest BCUT2D eigenvalue weighted by atomic mass is 79.9. The van der Waals surface area contributed by atoms with Gasteiger partial charge in [-0.3, -0.25) is 0 Å². The van der Waals surface area contributed by atoms with Crippen molar-refractivity contribution in [1.29, 1.82) is 0 Å². The summed E-state index contributed by atoms with van der Waals surface area (Å²) in [7, 11) is 0. The zero-order valence-electron chi connectivity index (χ0n) is 9.28. The first-order valence-corrected chi connectivity index (χ1v) is 6.92. The summed E-state index contributed by atoms with van der Waals surface area (Å²) in [5.74, 6) is 0.411. The van der Waals surface area contributed by atoms with Crippen LogP contribution in [0, 0.1) is 12.7 Å². The van der Waals surface area contributed by atoms with Crippen LogP contribution in [0.2, 0.25) is 0 Å². The predicted molar refractivity (Wildman–Crippen MR) is 72.6 cm³/mol. The van der Waals surface area contributed by atoms with Gasteiger partial charge >= 0.3 is 0 Å². The summed E-state index contributed by atoms with van der Waals surface area (Å²) in [4.78, 5) is 4.27. The van der Waals surface area contributed by atoms with Gasteiger partial charge in [0.2, 0.25) is 0 Å². The van der Waals surface area contributed by atoms with Crippen LogP contribution in [0.4, 0.5) is 4.39 Å². The minimum absolute atomic E-state index is 0.181. The lowest BCUT2D eigenvalue weighted by atomic mass is 10.2. The summed E-state index contributed by atoms with van der Waals surface area (Å²) in [5.41, 5.74) is 1.82. The average Bonchev–Trinajstić information content (AvgIpc) is 2.30. The molecule has 0 atom stereocenters. The monoisotopic (exact) mass is 311 g/mol. The second-order valence-electron chi connectivity index (χ2n) is 3.70. The van der Waals surface area contributed by atoms with Crippen LogP contribution < -0.4 is 0 Å². The van der Waals surface area contributed by atoms with Crippen LogP contribution >= 0.6 is 27.7 Å². The van der Waals surface area contributed by atoms with Gasteiger partial charge in [0, 0.05) is 16.4 Å². The van der Waals surface area contributed by atoms with Gasteiger partial charge in [-0.25, -0.2) is 9.37 Å². The quantitative estimate of drug-likeness (QED) is 0.769. The Hall–Kier alpha value is -0.870. The molecule has 0 unspecified atom stereocenters. The zero-order valence-corrected chi connectivity index (χ0v) is 11.7. The largest absolute Gasteiger partial charge is 0.250 e. The number of halogens is 2. The molecule has 1 nitrogen and oxygen atoms in total. The standard InChI is InChI=1S/C13H11BrFNS/c1-9-2-5-13(16-7-9)17-8-10-3-4-11(14)6-12(10)15/h2-7H,8H2,1H3. The summed E-state index contributed by atoms with van der Waals surface area (Å²) in [6.07, 6.45) is 1.82. The van der Waals surface area contributed by atoms with E-state index < -0.39 is 0 Å². The number of aryl methyl sites for hydroxylation is 1. The highest BCUT2D eigenvalue weighted by Crippen LogP contribution is 2.24. The Morgan fingerprint density at radius 2 is 2.12 bits per heavy atom. The Balaban J connectivity index is 2.04. The van der Waals surface area contributed by atoms with Crippen molar-refractivity contribution in [3.63, 3.8) is 0 Å². The van der Waals surface area contributed by atoms with E-state index in [1.807, 2.05) is 31.3 Å². The van der Waals surface area contributed by atoms with E-state index in [1.165, 1.54) is 17.8 Å². The molecule has 0 aliphatic heterocycles. The lowest BCUT2D eigenvalue weighted by molar-refractivity contribution is 0.616. The smallest absolute Gasteiger partial charge is 0.128 e.